The molecule has 0 radical (unpaired) electrons. The normalized spacial score (nSPS) is 17.3. The van der Waals surface area contributed by atoms with Crippen molar-refractivity contribution in [2.24, 2.45) is 12.0 Å². The quantitative estimate of drug-likeness (QED) is 0.335. The van der Waals surface area contributed by atoms with E-state index in [0.717, 1.165) is 29.8 Å². The molecule has 1 N–H and O–H groups in total. The SMILES string of the molecule is CCNC(=NCCc1c(C)nn(C)c1C)N1CCOC(c2cccc(C(F)(F)F)c2)C1.I. The van der Waals surface area contributed by atoms with Gasteiger partial charge in [0, 0.05) is 32.4 Å². The van der Waals surface area contributed by atoms with Crippen LogP contribution < -0.4 is 5.32 Å². The second kappa shape index (κ2) is 11.4. The molecule has 3 rings (SSSR count). The summed E-state index contributed by atoms with van der Waals surface area (Å²) in [6, 6.07) is 5.37. The van der Waals surface area contributed by atoms with Crippen LogP contribution in [-0.2, 0) is 24.4 Å². The van der Waals surface area contributed by atoms with Gasteiger partial charge in [0.1, 0.15) is 6.10 Å². The number of aliphatic imine (C=N–C) groups is 1. The van der Waals surface area contributed by atoms with Gasteiger partial charge in [0.2, 0.25) is 0 Å². The number of ether oxygens (including phenoxy) is 1. The monoisotopic (exact) mass is 565 g/mol. The van der Waals surface area contributed by atoms with Crippen LogP contribution in [0.3, 0.4) is 0 Å². The van der Waals surface area contributed by atoms with Crippen LogP contribution in [-0.4, -0.2) is 53.4 Å². The second-order valence-corrected chi connectivity index (χ2v) is 7.69. The Kier molecular flexibility index (Phi) is 9.38. The number of halogens is 4. The van der Waals surface area contributed by atoms with E-state index in [2.05, 4.69) is 15.3 Å². The van der Waals surface area contributed by atoms with Gasteiger partial charge in [-0.05, 0) is 50.5 Å². The molecule has 1 atom stereocenters. The molecule has 178 valence electrons. The van der Waals surface area contributed by atoms with Crippen molar-refractivity contribution in [2.45, 2.75) is 39.5 Å². The van der Waals surface area contributed by atoms with Crippen LogP contribution in [0.25, 0.3) is 0 Å². The lowest BCUT2D eigenvalue weighted by atomic mass is 10.0. The van der Waals surface area contributed by atoms with Crippen molar-refractivity contribution in [1.29, 1.82) is 0 Å². The van der Waals surface area contributed by atoms with Crippen molar-refractivity contribution in [3.8, 4) is 0 Å². The van der Waals surface area contributed by atoms with Crippen LogP contribution in [0.2, 0.25) is 0 Å². The Morgan fingerprint density at radius 1 is 1.31 bits per heavy atom. The highest BCUT2D eigenvalue weighted by Gasteiger charge is 2.32. The summed E-state index contributed by atoms with van der Waals surface area (Å²) in [7, 11) is 1.93. The number of nitrogens with one attached hydrogen (secondary N) is 1. The van der Waals surface area contributed by atoms with E-state index in [9.17, 15) is 13.2 Å². The van der Waals surface area contributed by atoms with E-state index in [-0.39, 0.29) is 24.0 Å². The van der Waals surface area contributed by atoms with Gasteiger partial charge in [-0.1, -0.05) is 12.1 Å². The molecule has 1 fully saturated rings. The maximum Gasteiger partial charge on any atom is 0.416 e. The molecule has 1 saturated heterocycles. The lowest BCUT2D eigenvalue weighted by Crippen LogP contribution is -2.48. The summed E-state index contributed by atoms with van der Waals surface area (Å²) in [5.41, 5.74) is 3.21. The third-order valence-corrected chi connectivity index (χ3v) is 5.57. The van der Waals surface area contributed by atoms with Gasteiger partial charge in [-0.15, -0.1) is 24.0 Å². The van der Waals surface area contributed by atoms with Crippen molar-refractivity contribution >= 4 is 29.9 Å². The van der Waals surface area contributed by atoms with Crippen molar-refractivity contribution < 1.29 is 17.9 Å². The zero-order valence-corrected chi connectivity index (χ0v) is 21.2. The molecular formula is C22H31F3IN5O. The standard InChI is InChI=1S/C22H30F3N5O.HI/c1-5-26-21(27-10-9-19-15(2)28-29(4)16(19)3)30-11-12-31-20(14-30)17-7-6-8-18(13-17)22(23,24)25;/h6-8,13,20H,5,9-12,14H2,1-4H3,(H,26,27);1H. The Labute approximate surface area is 204 Å². The first-order chi connectivity index (χ1) is 14.7. The lowest BCUT2D eigenvalue weighted by molar-refractivity contribution is -0.137. The molecular weight excluding hydrogens is 534 g/mol. The van der Waals surface area contributed by atoms with Crippen LogP contribution in [0.15, 0.2) is 29.3 Å². The molecule has 0 amide bonds. The number of alkyl halides is 3. The van der Waals surface area contributed by atoms with Gasteiger partial charge in [-0.3, -0.25) is 9.67 Å². The lowest BCUT2D eigenvalue weighted by Gasteiger charge is -2.35. The molecule has 2 heterocycles. The van der Waals surface area contributed by atoms with Gasteiger partial charge in [-0.2, -0.15) is 18.3 Å². The minimum Gasteiger partial charge on any atom is -0.370 e. The molecule has 1 unspecified atom stereocenters. The van der Waals surface area contributed by atoms with Gasteiger partial charge in [-0.25, -0.2) is 0 Å². The first-order valence-electron chi connectivity index (χ1n) is 10.5. The maximum atomic E-state index is 13.1. The van der Waals surface area contributed by atoms with Gasteiger partial charge in [0.05, 0.1) is 24.4 Å². The first-order valence-corrected chi connectivity index (χ1v) is 10.5. The topological polar surface area (TPSA) is 54.7 Å². The highest BCUT2D eigenvalue weighted by atomic mass is 127. The highest BCUT2D eigenvalue weighted by Crippen LogP contribution is 2.32. The van der Waals surface area contributed by atoms with Gasteiger partial charge in [0.15, 0.2) is 5.96 Å². The fourth-order valence-electron chi connectivity index (χ4n) is 3.84. The third kappa shape index (κ3) is 6.37. The van der Waals surface area contributed by atoms with E-state index in [4.69, 9.17) is 9.73 Å². The Hall–Kier alpha value is -1.82. The molecule has 10 heteroatoms. The molecule has 1 aliphatic heterocycles. The largest absolute Gasteiger partial charge is 0.416 e. The summed E-state index contributed by atoms with van der Waals surface area (Å²) in [6.45, 7) is 8.84. The number of rotatable bonds is 5. The van der Waals surface area contributed by atoms with Crippen molar-refractivity contribution in [2.75, 3.05) is 32.8 Å². The Balaban J connectivity index is 0.00000363. The summed E-state index contributed by atoms with van der Waals surface area (Å²) in [5.74, 6) is 0.752. The zero-order chi connectivity index (χ0) is 22.6. The molecule has 0 spiro atoms. The number of hydrogen-bond acceptors (Lipinski definition) is 3. The summed E-state index contributed by atoms with van der Waals surface area (Å²) in [6.07, 6.45) is -4.03. The molecule has 1 aliphatic rings. The van der Waals surface area contributed by atoms with Crippen LogP contribution >= 0.6 is 24.0 Å². The predicted molar refractivity (Wildman–Crippen MR) is 129 cm³/mol. The van der Waals surface area contributed by atoms with Crippen LogP contribution in [0.4, 0.5) is 13.2 Å². The number of guanidine groups is 1. The third-order valence-electron chi connectivity index (χ3n) is 5.57. The van der Waals surface area contributed by atoms with E-state index in [0.29, 0.717) is 38.3 Å². The van der Waals surface area contributed by atoms with E-state index >= 15 is 0 Å². The van der Waals surface area contributed by atoms with Crippen LogP contribution in [0.5, 0.6) is 0 Å². The predicted octanol–water partition coefficient (Wildman–Crippen LogP) is 4.26. The van der Waals surface area contributed by atoms with Crippen LogP contribution in [0.1, 0.15) is 41.1 Å². The molecule has 0 aliphatic carbocycles. The second-order valence-electron chi connectivity index (χ2n) is 7.69. The van der Waals surface area contributed by atoms with E-state index in [1.54, 1.807) is 6.07 Å². The average Bonchev–Trinajstić information content (AvgIpc) is 2.98. The molecule has 32 heavy (non-hydrogen) atoms. The van der Waals surface area contributed by atoms with Crippen molar-refractivity contribution in [3.05, 3.63) is 52.3 Å². The van der Waals surface area contributed by atoms with Crippen LogP contribution in [0, 0.1) is 13.8 Å². The van der Waals surface area contributed by atoms with E-state index in [1.807, 2.05) is 32.5 Å². The van der Waals surface area contributed by atoms with Crippen molar-refractivity contribution in [3.63, 3.8) is 0 Å². The molecule has 6 nitrogen and oxygen atoms in total. The minimum atomic E-state index is -4.37. The first kappa shape index (κ1) is 26.4. The van der Waals surface area contributed by atoms with Crippen molar-refractivity contribution in [1.82, 2.24) is 20.0 Å². The maximum absolute atomic E-state index is 13.1. The number of morpholine rings is 1. The Morgan fingerprint density at radius 2 is 2.06 bits per heavy atom. The number of benzene rings is 1. The molecule has 0 bridgehead atoms. The van der Waals surface area contributed by atoms with Gasteiger partial charge >= 0.3 is 6.18 Å². The Morgan fingerprint density at radius 3 is 2.69 bits per heavy atom. The zero-order valence-electron chi connectivity index (χ0n) is 18.9. The molecule has 0 saturated carbocycles. The highest BCUT2D eigenvalue weighted by molar-refractivity contribution is 14.0. The summed E-state index contributed by atoms with van der Waals surface area (Å²) < 4.78 is 46.9. The van der Waals surface area contributed by atoms with Gasteiger partial charge < -0.3 is 15.0 Å². The molecule has 1 aromatic carbocycles. The fraction of sp³-hybridized carbons (Fsp3) is 0.545. The fourth-order valence-corrected chi connectivity index (χ4v) is 3.84. The number of nitrogens with zero attached hydrogens (tertiary/aromatic N) is 4. The summed E-state index contributed by atoms with van der Waals surface area (Å²) >= 11 is 0. The minimum absolute atomic E-state index is 0. The average molecular weight is 565 g/mol. The van der Waals surface area contributed by atoms with E-state index < -0.39 is 17.8 Å². The number of aromatic nitrogens is 2. The molecule has 2 aromatic rings. The number of aryl methyl sites for hydroxylation is 2. The Bertz CT molecular complexity index is 929. The summed E-state index contributed by atoms with van der Waals surface area (Å²) in [4.78, 5) is 6.82. The smallest absolute Gasteiger partial charge is 0.370 e. The summed E-state index contributed by atoms with van der Waals surface area (Å²) in [5, 5.41) is 7.75. The van der Waals surface area contributed by atoms with E-state index in [1.165, 1.54) is 17.7 Å². The number of hydrogen-bond donors (Lipinski definition) is 1. The molecule has 1 aromatic heterocycles. The van der Waals surface area contributed by atoms with Gasteiger partial charge in [0.25, 0.3) is 0 Å².